The van der Waals surface area contributed by atoms with Crippen molar-refractivity contribution in [2.45, 2.75) is 13.2 Å². The zero-order valence-corrected chi connectivity index (χ0v) is 11.6. The van der Waals surface area contributed by atoms with E-state index in [2.05, 4.69) is 12.1 Å². The summed E-state index contributed by atoms with van der Waals surface area (Å²) in [4.78, 5) is 0. The first-order chi connectivity index (χ1) is 10.3. The molecule has 3 rings (SSSR count). The average molecular weight is 279 g/mol. The smallest absolute Gasteiger partial charge is 0.124 e. The van der Waals surface area contributed by atoms with E-state index in [4.69, 9.17) is 10.5 Å². The maximum absolute atomic E-state index is 9.29. The Morgan fingerprint density at radius 2 is 1.67 bits per heavy atom. The van der Waals surface area contributed by atoms with Gasteiger partial charge in [0.1, 0.15) is 18.1 Å². The van der Waals surface area contributed by atoms with Crippen molar-refractivity contribution in [1.29, 1.82) is 0 Å². The molecule has 0 saturated heterocycles. The number of nitrogens with two attached hydrogens (primary N) is 1. The molecule has 0 bridgehead atoms. The number of phenols is 1. The quantitative estimate of drug-likeness (QED) is 0.767. The molecule has 3 N–H and O–H groups in total. The summed E-state index contributed by atoms with van der Waals surface area (Å²) in [5.41, 5.74) is 7.92. The van der Waals surface area contributed by atoms with Crippen molar-refractivity contribution < 1.29 is 9.84 Å². The molecule has 0 aliphatic rings. The van der Waals surface area contributed by atoms with E-state index in [1.807, 2.05) is 36.4 Å². The minimum Gasteiger partial charge on any atom is -0.508 e. The van der Waals surface area contributed by atoms with Gasteiger partial charge in [0.25, 0.3) is 0 Å². The monoisotopic (exact) mass is 279 g/mol. The van der Waals surface area contributed by atoms with Crippen LogP contribution in [-0.2, 0) is 13.2 Å². The van der Waals surface area contributed by atoms with Gasteiger partial charge in [0, 0.05) is 12.1 Å². The second-order valence-electron chi connectivity index (χ2n) is 4.92. The van der Waals surface area contributed by atoms with E-state index < -0.39 is 0 Å². The number of benzene rings is 3. The molecule has 3 aromatic rings. The molecule has 0 saturated carbocycles. The summed E-state index contributed by atoms with van der Waals surface area (Å²) in [5.74, 6) is 1.07. The molecule has 0 aliphatic heterocycles. The summed E-state index contributed by atoms with van der Waals surface area (Å²) >= 11 is 0. The number of phenolic OH excluding ortho intramolecular Hbond substituents is 1. The van der Waals surface area contributed by atoms with Gasteiger partial charge in [-0.25, -0.2) is 0 Å². The molecule has 0 amide bonds. The van der Waals surface area contributed by atoms with Crippen LogP contribution in [0.3, 0.4) is 0 Å². The van der Waals surface area contributed by atoms with Gasteiger partial charge >= 0.3 is 0 Å². The molecule has 0 heterocycles. The summed E-state index contributed by atoms with van der Waals surface area (Å²) in [6.45, 7) is 0.887. The highest BCUT2D eigenvalue weighted by molar-refractivity contribution is 5.87. The standard InChI is InChI=1S/C18H17NO2/c19-11-17-16-4-2-1-3-14(16)7-10-18(17)21-12-13-5-8-15(20)9-6-13/h1-10,20H,11-12,19H2. The van der Waals surface area contributed by atoms with E-state index in [0.29, 0.717) is 13.2 Å². The molecule has 3 heteroatoms. The molecule has 106 valence electrons. The summed E-state index contributed by atoms with van der Waals surface area (Å²) < 4.78 is 5.90. The topological polar surface area (TPSA) is 55.5 Å². The molecular weight excluding hydrogens is 262 g/mol. The minimum absolute atomic E-state index is 0.257. The third kappa shape index (κ3) is 2.83. The van der Waals surface area contributed by atoms with Gasteiger partial charge < -0.3 is 15.6 Å². The number of aromatic hydroxyl groups is 1. The van der Waals surface area contributed by atoms with E-state index in [0.717, 1.165) is 27.6 Å². The van der Waals surface area contributed by atoms with Gasteiger partial charge in [-0.1, -0.05) is 42.5 Å². The van der Waals surface area contributed by atoms with Gasteiger partial charge in [0.15, 0.2) is 0 Å². The molecule has 0 unspecified atom stereocenters. The summed E-state index contributed by atoms with van der Waals surface area (Å²) in [6.07, 6.45) is 0. The van der Waals surface area contributed by atoms with E-state index >= 15 is 0 Å². The van der Waals surface area contributed by atoms with Crippen molar-refractivity contribution in [1.82, 2.24) is 0 Å². The highest BCUT2D eigenvalue weighted by Gasteiger charge is 2.07. The van der Waals surface area contributed by atoms with Gasteiger partial charge in [-0.15, -0.1) is 0 Å². The first-order valence-corrected chi connectivity index (χ1v) is 6.89. The summed E-state index contributed by atoms with van der Waals surface area (Å²) in [6, 6.07) is 19.2. The molecule has 0 radical (unpaired) electrons. The average Bonchev–Trinajstić information content (AvgIpc) is 2.53. The second kappa shape index (κ2) is 5.85. The van der Waals surface area contributed by atoms with Crippen molar-refractivity contribution in [2.24, 2.45) is 5.73 Å². The van der Waals surface area contributed by atoms with Crippen LogP contribution in [0.1, 0.15) is 11.1 Å². The first kappa shape index (κ1) is 13.5. The third-order valence-corrected chi connectivity index (χ3v) is 3.53. The highest BCUT2D eigenvalue weighted by Crippen LogP contribution is 2.28. The Morgan fingerprint density at radius 3 is 2.43 bits per heavy atom. The Morgan fingerprint density at radius 1 is 0.905 bits per heavy atom. The van der Waals surface area contributed by atoms with Crippen LogP contribution in [0.5, 0.6) is 11.5 Å². The fourth-order valence-corrected chi connectivity index (χ4v) is 2.41. The lowest BCUT2D eigenvalue weighted by atomic mass is 10.0. The van der Waals surface area contributed by atoms with Crippen LogP contribution < -0.4 is 10.5 Å². The van der Waals surface area contributed by atoms with Gasteiger partial charge in [-0.05, 0) is 34.5 Å². The fourth-order valence-electron chi connectivity index (χ4n) is 2.41. The van der Waals surface area contributed by atoms with Crippen LogP contribution in [-0.4, -0.2) is 5.11 Å². The largest absolute Gasteiger partial charge is 0.508 e. The minimum atomic E-state index is 0.257. The Hall–Kier alpha value is -2.52. The number of ether oxygens (including phenoxy) is 1. The van der Waals surface area contributed by atoms with Gasteiger partial charge in [-0.2, -0.15) is 0 Å². The number of fused-ring (bicyclic) bond motifs is 1. The molecule has 0 aromatic heterocycles. The van der Waals surface area contributed by atoms with Crippen molar-refractivity contribution in [3.05, 3.63) is 71.8 Å². The molecule has 21 heavy (non-hydrogen) atoms. The molecular formula is C18H17NO2. The lowest BCUT2D eigenvalue weighted by Gasteiger charge is -2.13. The van der Waals surface area contributed by atoms with Gasteiger partial charge in [0.2, 0.25) is 0 Å². The number of hydrogen-bond acceptors (Lipinski definition) is 3. The SMILES string of the molecule is NCc1c(OCc2ccc(O)cc2)ccc2ccccc12. The normalized spacial score (nSPS) is 10.7. The molecule has 3 aromatic carbocycles. The lowest BCUT2D eigenvalue weighted by Crippen LogP contribution is -2.03. The van der Waals surface area contributed by atoms with E-state index in [1.54, 1.807) is 12.1 Å². The zero-order chi connectivity index (χ0) is 14.7. The Bertz CT molecular complexity index is 751. The number of rotatable bonds is 4. The Kier molecular flexibility index (Phi) is 3.75. The predicted molar refractivity (Wildman–Crippen MR) is 84.3 cm³/mol. The molecule has 3 nitrogen and oxygen atoms in total. The van der Waals surface area contributed by atoms with Crippen molar-refractivity contribution >= 4 is 10.8 Å². The molecule has 0 spiro atoms. The van der Waals surface area contributed by atoms with Crippen molar-refractivity contribution in [3.8, 4) is 11.5 Å². The predicted octanol–water partition coefficient (Wildman–Crippen LogP) is 3.58. The molecule has 0 aliphatic carbocycles. The maximum Gasteiger partial charge on any atom is 0.124 e. The van der Waals surface area contributed by atoms with E-state index in [-0.39, 0.29) is 5.75 Å². The lowest BCUT2D eigenvalue weighted by molar-refractivity contribution is 0.303. The van der Waals surface area contributed by atoms with E-state index in [9.17, 15) is 5.11 Å². The van der Waals surface area contributed by atoms with Crippen molar-refractivity contribution in [2.75, 3.05) is 0 Å². The Balaban J connectivity index is 1.88. The summed E-state index contributed by atoms with van der Waals surface area (Å²) in [5, 5.41) is 11.6. The second-order valence-corrected chi connectivity index (χ2v) is 4.92. The van der Waals surface area contributed by atoms with Crippen LogP contribution >= 0.6 is 0 Å². The fraction of sp³-hybridized carbons (Fsp3) is 0.111. The zero-order valence-electron chi connectivity index (χ0n) is 11.6. The van der Waals surface area contributed by atoms with Crippen LogP contribution in [0.25, 0.3) is 10.8 Å². The van der Waals surface area contributed by atoms with E-state index in [1.165, 1.54) is 0 Å². The first-order valence-electron chi connectivity index (χ1n) is 6.89. The summed E-state index contributed by atoms with van der Waals surface area (Å²) in [7, 11) is 0. The Labute approximate surface area is 123 Å². The van der Waals surface area contributed by atoms with Crippen LogP contribution in [0.15, 0.2) is 60.7 Å². The number of hydrogen-bond donors (Lipinski definition) is 2. The highest BCUT2D eigenvalue weighted by atomic mass is 16.5. The van der Waals surface area contributed by atoms with Gasteiger partial charge in [-0.3, -0.25) is 0 Å². The molecule has 0 fully saturated rings. The van der Waals surface area contributed by atoms with Gasteiger partial charge in [0.05, 0.1) is 0 Å². The van der Waals surface area contributed by atoms with Crippen LogP contribution in [0.2, 0.25) is 0 Å². The van der Waals surface area contributed by atoms with Crippen LogP contribution in [0.4, 0.5) is 0 Å². The molecule has 0 atom stereocenters. The van der Waals surface area contributed by atoms with Crippen molar-refractivity contribution in [3.63, 3.8) is 0 Å². The van der Waals surface area contributed by atoms with Crippen LogP contribution in [0, 0.1) is 0 Å². The maximum atomic E-state index is 9.29. The third-order valence-electron chi connectivity index (χ3n) is 3.53.